The lowest BCUT2D eigenvalue weighted by Gasteiger charge is -2.12. The van der Waals surface area contributed by atoms with Crippen LogP contribution < -0.4 is 10.5 Å². The molecule has 0 aliphatic heterocycles. The highest BCUT2D eigenvalue weighted by Crippen LogP contribution is 2.27. The van der Waals surface area contributed by atoms with Crippen LogP contribution in [0, 0.1) is 6.92 Å². The second kappa shape index (κ2) is 9.41. The number of nitrogens with one attached hydrogen (secondary N) is 1. The van der Waals surface area contributed by atoms with Crippen molar-refractivity contribution in [2.24, 2.45) is 0 Å². The van der Waals surface area contributed by atoms with Crippen molar-refractivity contribution in [3.63, 3.8) is 0 Å². The number of fused-ring (bicyclic) bond motifs is 1. The van der Waals surface area contributed by atoms with E-state index in [0.29, 0.717) is 41.4 Å². The van der Waals surface area contributed by atoms with Crippen molar-refractivity contribution >= 4 is 55.8 Å². The predicted molar refractivity (Wildman–Crippen MR) is 124 cm³/mol. The Balaban J connectivity index is 1.68. The molecular formula is C20H25Cl2N5O2S. The van der Waals surface area contributed by atoms with Gasteiger partial charge in [-0.2, -0.15) is 0 Å². The molecule has 0 radical (unpaired) electrons. The molecule has 0 amide bonds. The van der Waals surface area contributed by atoms with Gasteiger partial charge in [0.15, 0.2) is 5.82 Å². The van der Waals surface area contributed by atoms with Gasteiger partial charge < -0.3 is 10.3 Å². The zero-order valence-corrected chi connectivity index (χ0v) is 19.3. The summed E-state index contributed by atoms with van der Waals surface area (Å²) in [6.07, 6.45) is 4.69. The molecule has 0 saturated carbocycles. The molecule has 1 aromatic carbocycles. The number of pyridine rings is 1. The average molecular weight is 470 g/mol. The van der Waals surface area contributed by atoms with Gasteiger partial charge >= 0.3 is 0 Å². The van der Waals surface area contributed by atoms with Gasteiger partial charge in [0.05, 0.1) is 22.0 Å². The van der Waals surface area contributed by atoms with E-state index in [4.69, 9.17) is 28.9 Å². The number of rotatable bonds is 9. The van der Waals surface area contributed by atoms with Gasteiger partial charge in [-0.15, -0.1) is 0 Å². The van der Waals surface area contributed by atoms with Gasteiger partial charge in [0.2, 0.25) is 10.0 Å². The number of imidazole rings is 1. The summed E-state index contributed by atoms with van der Waals surface area (Å²) in [5, 5.41) is 0.714. The van der Waals surface area contributed by atoms with Crippen LogP contribution in [0.15, 0.2) is 24.4 Å². The molecule has 2 heterocycles. The Morgan fingerprint density at radius 2 is 2.00 bits per heavy atom. The molecule has 0 fully saturated rings. The number of nitrogens with two attached hydrogens (primary N) is 1. The maximum absolute atomic E-state index is 12.4. The fraction of sp³-hybridized carbons (Fsp3) is 0.400. The van der Waals surface area contributed by atoms with Crippen molar-refractivity contribution < 1.29 is 8.42 Å². The standard InChI is InChI=1S/C20H25Cl2N5O2S/c1-3-6-17-25-18-19(13(2)12-24-20(18)23)27(17)9-4-5-10-30(28,29)26-16-8-7-14(21)11-15(16)22/h7-8,11-12,26H,3-6,9-10H2,1-2H3,(H2,23,24). The number of halogens is 2. The first-order valence-electron chi connectivity index (χ1n) is 9.77. The number of aromatic nitrogens is 3. The number of nitrogens with zero attached hydrogens (tertiary/aromatic N) is 3. The Labute approximate surface area is 186 Å². The maximum atomic E-state index is 12.4. The van der Waals surface area contributed by atoms with Gasteiger partial charge in [0, 0.05) is 24.2 Å². The molecule has 0 saturated heterocycles. The highest BCUT2D eigenvalue weighted by molar-refractivity contribution is 7.92. The van der Waals surface area contributed by atoms with E-state index >= 15 is 0 Å². The Morgan fingerprint density at radius 1 is 1.23 bits per heavy atom. The minimum atomic E-state index is -3.52. The minimum Gasteiger partial charge on any atom is -0.382 e. The minimum absolute atomic E-state index is 0.00955. The number of aryl methyl sites for hydroxylation is 3. The number of nitrogen functional groups attached to an aromatic ring is 1. The quantitative estimate of drug-likeness (QED) is 0.437. The fourth-order valence-corrected chi connectivity index (χ4v) is 5.09. The molecule has 7 nitrogen and oxygen atoms in total. The largest absolute Gasteiger partial charge is 0.382 e. The second-order valence-corrected chi connectivity index (χ2v) is 9.89. The SMILES string of the molecule is CCCc1nc2c(N)ncc(C)c2n1CCCCS(=O)(=O)Nc1ccc(Cl)cc1Cl. The van der Waals surface area contributed by atoms with Crippen LogP contribution >= 0.6 is 23.2 Å². The van der Waals surface area contributed by atoms with Crippen LogP contribution in [-0.4, -0.2) is 28.7 Å². The molecule has 162 valence electrons. The Morgan fingerprint density at radius 3 is 2.70 bits per heavy atom. The summed E-state index contributed by atoms with van der Waals surface area (Å²) in [4.78, 5) is 8.88. The summed E-state index contributed by atoms with van der Waals surface area (Å²) in [7, 11) is -3.52. The average Bonchev–Trinajstić information content (AvgIpc) is 3.04. The normalized spacial score (nSPS) is 11.9. The van der Waals surface area contributed by atoms with Crippen LogP contribution in [0.2, 0.25) is 10.0 Å². The molecule has 0 bridgehead atoms. The summed E-state index contributed by atoms with van der Waals surface area (Å²) in [5.74, 6) is 1.35. The van der Waals surface area contributed by atoms with Crippen molar-refractivity contribution in [3.8, 4) is 0 Å². The number of hydrogen-bond donors (Lipinski definition) is 2. The van der Waals surface area contributed by atoms with Crippen LogP contribution in [0.25, 0.3) is 11.0 Å². The summed E-state index contributed by atoms with van der Waals surface area (Å²) in [5.41, 5.74) is 9.03. The Bertz CT molecular complexity index is 1160. The van der Waals surface area contributed by atoms with Crippen LogP contribution in [0.3, 0.4) is 0 Å². The molecule has 30 heavy (non-hydrogen) atoms. The molecule has 3 aromatic rings. The van der Waals surface area contributed by atoms with E-state index in [1.165, 1.54) is 6.07 Å². The zero-order chi connectivity index (χ0) is 21.9. The van der Waals surface area contributed by atoms with Crippen LogP contribution in [0.4, 0.5) is 11.5 Å². The van der Waals surface area contributed by atoms with Gasteiger partial charge in [0.1, 0.15) is 11.3 Å². The van der Waals surface area contributed by atoms with Crippen LogP contribution in [0.5, 0.6) is 0 Å². The van der Waals surface area contributed by atoms with Gasteiger partial charge in [-0.3, -0.25) is 4.72 Å². The number of sulfonamides is 1. The van der Waals surface area contributed by atoms with Crippen LogP contribution in [-0.2, 0) is 23.0 Å². The Kier molecular flexibility index (Phi) is 7.10. The summed E-state index contributed by atoms with van der Waals surface area (Å²) >= 11 is 11.9. The second-order valence-electron chi connectivity index (χ2n) is 7.21. The lowest BCUT2D eigenvalue weighted by molar-refractivity contribution is 0.583. The smallest absolute Gasteiger partial charge is 0.232 e. The van der Waals surface area contributed by atoms with Gasteiger partial charge in [-0.25, -0.2) is 18.4 Å². The van der Waals surface area contributed by atoms with E-state index in [9.17, 15) is 8.42 Å². The Hall–Kier alpha value is -2.03. The topological polar surface area (TPSA) is 103 Å². The monoisotopic (exact) mass is 469 g/mol. The van der Waals surface area contributed by atoms with E-state index in [0.717, 1.165) is 29.7 Å². The molecule has 3 rings (SSSR count). The van der Waals surface area contributed by atoms with Crippen LogP contribution in [0.1, 0.15) is 37.6 Å². The zero-order valence-electron chi connectivity index (χ0n) is 17.0. The molecule has 10 heteroatoms. The number of unbranched alkanes of at least 4 members (excludes halogenated alkanes) is 1. The van der Waals surface area contributed by atoms with E-state index in [1.54, 1.807) is 18.3 Å². The van der Waals surface area contributed by atoms with E-state index in [1.807, 2.05) is 6.92 Å². The molecule has 0 unspecified atom stereocenters. The van der Waals surface area contributed by atoms with Crippen molar-refractivity contribution in [1.29, 1.82) is 0 Å². The molecule has 0 aliphatic rings. The van der Waals surface area contributed by atoms with Crippen molar-refractivity contribution in [2.45, 2.75) is 46.1 Å². The van der Waals surface area contributed by atoms with Gasteiger partial charge in [-0.1, -0.05) is 30.1 Å². The molecular weight excluding hydrogens is 445 g/mol. The molecule has 0 aliphatic carbocycles. The van der Waals surface area contributed by atoms with Crippen molar-refractivity contribution in [3.05, 3.63) is 45.8 Å². The molecule has 3 N–H and O–H groups in total. The first-order chi connectivity index (χ1) is 14.2. The molecule has 0 spiro atoms. The van der Waals surface area contributed by atoms with Crippen molar-refractivity contribution in [2.75, 3.05) is 16.2 Å². The summed E-state index contributed by atoms with van der Waals surface area (Å²) in [6, 6.07) is 4.65. The third kappa shape index (κ3) is 5.17. The summed E-state index contributed by atoms with van der Waals surface area (Å²) < 4.78 is 29.5. The van der Waals surface area contributed by atoms with Gasteiger partial charge in [-0.05, 0) is 49.9 Å². The van der Waals surface area contributed by atoms with E-state index in [-0.39, 0.29) is 10.8 Å². The molecule has 0 atom stereocenters. The lowest BCUT2D eigenvalue weighted by Crippen LogP contribution is -2.17. The number of hydrogen-bond acceptors (Lipinski definition) is 5. The highest BCUT2D eigenvalue weighted by atomic mass is 35.5. The lowest BCUT2D eigenvalue weighted by atomic mass is 10.2. The van der Waals surface area contributed by atoms with E-state index < -0.39 is 10.0 Å². The third-order valence-electron chi connectivity index (χ3n) is 4.78. The number of anilines is 2. The predicted octanol–water partition coefficient (Wildman–Crippen LogP) is 4.80. The van der Waals surface area contributed by atoms with Crippen molar-refractivity contribution in [1.82, 2.24) is 14.5 Å². The molecule has 2 aromatic heterocycles. The first kappa shape index (κ1) is 22.7. The highest BCUT2D eigenvalue weighted by Gasteiger charge is 2.16. The third-order valence-corrected chi connectivity index (χ3v) is 6.68. The maximum Gasteiger partial charge on any atom is 0.232 e. The fourth-order valence-electron chi connectivity index (χ4n) is 3.37. The van der Waals surface area contributed by atoms with Gasteiger partial charge in [0.25, 0.3) is 0 Å². The first-order valence-corrected chi connectivity index (χ1v) is 12.2. The number of benzene rings is 1. The van der Waals surface area contributed by atoms with E-state index in [2.05, 4.69) is 26.2 Å². The summed E-state index contributed by atoms with van der Waals surface area (Å²) in [6.45, 7) is 4.73.